The molecule has 0 bridgehead atoms. The summed E-state index contributed by atoms with van der Waals surface area (Å²) >= 11 is 0. The number of aryl methyl sites for hydroxylation is 2. The van der Waals surface area contributed by atoms with Crippen LogP contribution in [-0.4, -0.2) is 8.07 Å². The molecule has 3 aromatic carbocycles. The van der Waals surface area contributed by atoms with E-state index in [9.17, 15) is 0 Å². The smallest absolute Gasteiger partial charge is 0.0636 e. The molecule has 1 aliphatic carbocycles. The van der Waals surface area contributed by atoms with Crippen LogP contribution in [0.4, 0.5) is 0 Å². The molecule has 1 aliphatic rings. The fraction of sp³-hybridized carbons (Fsp3) is 0.241. The van der Waals surface area contributed by atoms with E-state index in [2.05, 4.69) is 120 Å². The Morgan fingerprint density at radius 1 is 0.567 bits per heavy atom. The van der Waals surface area contributed by atoms with Crippen LogP contribution < -0.4 is 15.6 Å². The lowest BCUT2D eigenvalue weighted by Crippen LogP contribution is -2.69. The highest BCUT2D eigenvalue weighted by Gasteiger charge is 2.47. The molecule has 0 amide bonds. The Bertz CT molecular complexity index is 1100. The summed E-state index contributed by atoms with van der Waals surface area (Å²) in [6.45, 7) is 13.8. The Hall–Kier alpha value is -2.64. The maximum Gasteiger partial charge on any atom is 0.176 e. The highest BCUT2D eigenvalue weighted by molar-refractivity contribution is 7.16. The first-order valence-corrected chi connectivity index (χ1v) is 13.0. The van der Waals surface area contributed by atoms with Gasteiger partial charge in [0.1, 0.15) is 0 Å². The van der Waals surface area contributed by atoms with Gasteiger partial charge in [-0.25, -0.2) is 0 Å². The van der Waals surface area contributed by atoms with Gasteiger partial charge in [0, 0.05) is 0 Å². The van der Waals surface area contributed by atoms with Gasteiger partial charge in [0.2, 0.25) is 0 Å². The monoisotopic (exact) mass is 408 g/mol. The van der Waals surface area contributed by atoms with Gasteiger partial charge in [-0.2, -0.15) is 0 Å². The number of allylic oxidation sites excluding steroid dienone is 4. The molecule has 3 aromatic rings. The van der Waals surface area contributed by atoms with E-state index in [1.54, 1.807) is 5.20 Å². The Balaban J connectivity index is 2.19. The Labute approximate surface area is 183 Å². The number of hydrogen-bond donors (Lipinski definition) is 0. The third kappa shape index (κ3) is 3.13. The van der Waals surface area contributed by atoms with Crippen molar-refractivity contribution in [3.8, 4) is 0 Å². The number of rotatable bonds is 4. The molecule has 0 spiro atoms. The van der Waals surface area contributed by atoms with E-state index >= 15 is 0 Å². The fourth-order valence-electron chi connectivity index (χ4n) is 5.38. The van der Waals surface area contributed by atoms with Crippen LogP contribution in [0.3, 0.4) is 0 Å². The second-order valence-electron chi connectivity index (χ2n) is 8.92. The van der Waals surface area contributed by atoms with Crippen LogP contribution in [-0.2, 0) is 0 Å². The lowest BCUT2D eigenvalue weighted by molar-refractivity contribution is 0.851. The molecular formula is C29H32Si. The van der Waals surface area contributed by atoms with Crippen molar-refractivity contribution in [1.29, 1.82) is 0 Å². The second kappa shape index (κ2) is 7.89. The van der Waals surface area contributed by atoms with E-state index in [1.165, 1.54) is 43.4 Å². The Morgan fingerprint density at radius 2 is 1.07 bits per heavy atom. The van der Waals surface area contributed by atoms with Crippen molar-refractivity contribution < 1.29 is 0 Å². The maximum absolute atomic E-state index is 2.44. The second-order valence-corrected chi connectivity index (χ2v) is 12.7. The zero-order valence-corrected chi connectivity index (χ0v) is 20.1. The average Bonchev–Trinajstić information content (AvgIpc) is 2.94. The highest BCUT2D eigenvalue weighted by atomic mass is 28.3. The summed E-state index contributed by atoms with van der Waals surface area (Å²) < 4.78 is 0. The lowest BCUT2D eigenvalue weighted by Gasteiger charge is -2.39. The molecule has 0 N–H and O–H groups in total. The molecule has 30 heavy (non-hydrogen) atoms. The van der Waals surface area contributed by atoms with E-state index in [-0.39, 0.29) is 0 Å². The van der Waals surface area contributed by atoms with Crippen LogP contribution in [0.2, 0.25) is 0 Å². The van der Waals surface area contributed by atoms with Crippen molar-refractivity contribution in [3.05, 3.63) is 112 Å². The average molecular weight is 409 g/mol. The zero-order chi connectivity index (χ0) is 21.5. The predicted octanol–water partition coefficient (Wildman–Crippen LogP) is 5.62. The standard InChI is InChI=1S/C29H32Si/c1-20-12-10-16-27(18-20)30(26-14-8-7-9-15-26,28-17-11-13-21(2)19-28)29-24(5)22(3)23(4)25(29)6/h7-19,24H,1-6H3. The van der Waals surface area contributed by atoms with Gasteiger partial charge in [0.15, 0.2) is 8.07 Å². The van der Waals surface area contributed by atoms with Gasteiger partial charge in [-0.05, 0) is 61.7 Å². The molecule has 1 heteroatoms. The van der Waals surface area contributed by atoms with E-state index in [0.717, 1.165) is 0 Å². The Kier molecular flexibility index (Phi) is 5.42. The van der Waals surface area contributed by atoms with Crippen LogP contribution >= 0.6 is 0 Å². The first-order valence-electron chi connectivity index (χ1n) is 11.0. The largest absolute Gasteiger partial charge is 0.176 e. The van der Waals surface area contributed by atoms with Gasteiger partial charge < -0.3 is 0 Å². The van der Waals surface area contributed by atoms with E-state index in [4.69, 9.17) is 0 Å². The van der Waals surface area contributed by atoms with Crippen molar-refractivity contribution in [1.82, 2.24) is 0 Å². The van der Waals surface area contributed by atoms with Crippen LogP contribution in [0.5, 0.6) is 0 Å². The van der Waals surface area contributed by atoms with Gasteiger partial charge in [-0.15, -0.1) is 0 Å². The summed E-state index contributed by atoms with van der Waals surface area (Å²) in [5.74, 6) is 0.456. The van der Waals surface area contributed by atoms with Gasteiger partial charge in [-0.3, -0.25) is 0 Å². The molecule has 4 rings (SSSR count). The third-order valence-electron chi connectivity index (χ3n) is 7.15. The minimum atomic E-state index is -2.43. The summed E-state index contributed by atoms with van der Waals surface area (Å²) in [6, 6.07) is 29.9. The summed E-state index contributed by atoms with van der Waals surface area (Å²) in [7, 11) is -2.43. The van der Waals surface area contributed by atoms with Gasteiger partial charge >= 0.3 is 0 Å². The van der Waals surface area contributed by atoms with Crippen LogP contribution in [0, 0.1) is 19.8 Å². The molecule has 0 radical (unpaired) electrons. The first kappa shape index (κ1) is 20.6. The molecular weight excluding hydrogens is 376 g/mol. The molecule has 0 aromatic heterocycles. The Morgan fingerprint density at radius 3 is 1.50 bits per heavy atom. The first-order chi connectivity index (χ1) is 14.4. The van der Waals surface area contributed by atoms with Gasteiger partial charge in [-0.1, -0.05) is 113 Å². The molecule has 0 heterocycles. The molecule has 0 aliphatic heterocycles. The van der Waals surface area contributed by atoms with E-state index < -0.39 is 8.07 Å². The normalized spacial score (nSPS) is 17.1. The van der Waals surface area contributed by atoms with Crippen LogP contribution in [0.15, 0.2) is 101 Å². The molecule has 0 nitrogen and oxygen atoms in total. The topological polar surface area (TPSA) is 0 Å². The maximum atomic E-state index is 2.44. The van der Waals surface area contributed by atoms with Crippen LogP contribution in [0.25, 0.3) is 0 Å². The zero-order valence-electron chi connectivity index (χ0n) is 19.1. The van der Waals surface area contributed by atoms with Crippen molar-refractivity contribution in [2.24, 2.45) is 5.92 Å². The SMILES string of the molecule is CC1=C(C)C(C)C([Si](c2ccccc2)(c2cccc(C)c2)c2cccc(C)c2)=C1C. The van der Waals surface area contributed by atoms with E-state index in [0.29, 0.717) is 5.92 Å². The van der Waals surface area contributed by atoms with Crippen LogP contribution in [0.1, 0.15) is 38.8 Å². The third-order valence-corrected chi connectivity index (χ3v) is 12.3. The van der Waals surface area contributed by atoms with Crippen molar-refractivity contribution in [3.63, 3.8) is 0 Å². The summed E-state index contributed by atoms with van der Waals surface area (Å²) in [5, 5.41) is 6.11. The minimum absolute atomic E-state index is 0.456. The van der Waals surface area contributed by atoms with Gasteiger partial charge in [0.05, 0.1) is 0 Å². The molecule has 152 valence electrons. The fourth-order valence-corrected chi connectivity index (χ4v) is 11.2. The van der Waals surface area contributed by atoms with E-state index in [1.807, 2.05) is 0 Å². The quantitative estimate of drug-likeness (QED) is 0.388. The molecule has 0 saturated carbocycles. The summed E-state index contributed by atoms with van der Waals surface area (Å²) in [4.78, 5) is 0. The van der Waals surface area contributed by atoms with Crippen molar-refractivity contribution in [2.75, 3.05) is 0 Å². The predicted molar refractivity (Wildman–Crippen MR) is 134 cm³/mol. The summed E-state index contributed by atoms with van der Waals surface area (Å²) in [6.07, 6.45) is 0. The molecule has 0 saturated heterocycles. The lowest BCUT2D eigenvalue weighted by atomic mass is 10.1. The number of benzene rings is 3. The summed E-state index contributed by atoms with van der Waals surface area (Å²) in [5.41, 5.74) is 7.16. The molecule has 0 fully saturated rings. The minimum Gasteiger partial charge on any atom is -0.0636 e. The highest BCUT2D eigenvalue weighted by Crippen LogP contribution is 2.41. The number of hydrogen-bond acceptors (Lipinski definition) is 0. The molecule has 1 unspecified atom stereocenters. The van der Waals surface area contributed by atoms with Gasteiger partial charge in [0.25, 0.3) is 0 Å². The van der Waals surface area contributed by atoms with Crippen molar-refractivity contribution in [2.45, 2.75) is 41.5 Å². The van der Waals surface area contributed by atoms with Crippen molar-refractivity contribution >= 4 is 23.6 Å². The molecule has 1 atom stereocenters.